The standard InChI is InChI=1S/C15H23N3O.2ClH/c1-17(2)12-13-5-3-6-14(11-13)15(19)18-9-4-7-16-8-10-18;;/h3,5-6,11,16H,4,7-10,12H2,1-2H3;2*1H. The number of benzene rings is 1. The van der Waals surface area contributed by atoms with E-state index in [9.17, 15) is 4.79 Å². The molecule has 1 N–H and O–H groups in total. The average molecular weight is 334 g/mol. The van der Waals surface area contributed by atoms with Gasteiger partial charge in [-0.3, -0.25) is 4.79 Å². The van der Waals surface area contributed by atoms with Crippen molar-refractivity contribution in [3.63, 3.8) is 0 Å². The molecule has 1 heterocycles. The molecule has 0 spiro atoms. The molecule has 6 heteroatoms. The lowest BCUT2D eigenvalue weighted by molar-refractivity contribution is 0.0766. The van der Waals surface area contributed by atoms with Gasteiger partial charge in [0.05, 0.1) is 0 Å². The molecule has 1 aromatic rings. The molecule has 0 aromatic heterocycles. The second-order valence-electron chi connectivity index (χ2n) is 5.33. The van der Waals surface area contributed by atoms with E-state index < -0.39 is 0 Å². The van der Waals surface area contributed by atoms with Crippen LogP contribution in [0, 0.1) is 0 Å². The van der Waals surface area contributed by atoms with Crippen molar-refractivity contribution < 1.29 is 4.79 Å². The second-order valence-corrected chi connectivity index (χ2v) is 5.33. The van der Waals surface area contributed by atoms with Gasteiger partial charge in [0.1, 0.15) is 0 Å². The van der Waals surface area contributed by atoms with Crippen molar-refractivity contribution in [1.29, 1.82) is 0 Å². The molecule has 1 fully saturated rings. The predicted octanol–water partition coefficient (Wildman–Crippen LogP) is 2.03. The molecule has 0 radical (unpaired) electrons. The summed E-state index contributed by atoms with van der Waals surface area (Å²) < 4.78 is 0. The number of carbonyl (C=O) groups is 1. The van der Waals surface area contributed by atoms with Crippen LogP contribution in [-0.4, -0.2) is 56.0 Å². The van der Waals surface area contributed by atoms with E-state index in [1.807, 2.05) is 37.2 Å². The maximum absolute atomic E-state index is 12.5. The highest BCUT2D eigenvalue weighted by molar-refractivity contribution is 5.94. The fourth-order valence-corrected chi connectivity index (χ4v) is 2.40. The Kier molecular flexibility index (Phi) is 9.62. The molecular formula is C15H25Cl2N3O. The molecule has 0 bridgehead atoms. The van der Waals surface area contributed by atoms with E-state index in [1.54, 1.807) is 0 Å². The van der Waals surface area contributed by atoms with Crippen LogP contribution in [0.4, 0.5) is 0 Å². The zero-order chi connectivity index (χ0) is 13.7. The molecule has 0 aliphatic carbocycles. The summed E-state index contributed by atoms with van der Waals surface area (Å²) in [6.07, 6.45) is 1.03. The van der Waals surface area contributed by atoms with Gasteiger partial charge < -0.3 is 15.1 Å². The monoisotopic (exact) mass is 333 g/mol. The highest BCUT2D eigenvalue weighted by atomic mass is 35.5. The summed E-state index contributed by atoms with van der Waals surface area (Å²) in [6.45, 7) is 4.41. The maximum atomic E-state index is 12.5. The van der Waals surface area contributed by atoms with E-state index in [0.29, 0.717) is 0 Å². The third-order valence-electron chi connectivity index (χ3n) is 3.30. The summed E-state index contributed by atoms with van der Waals surface area (Å²) in [6, 6.07) is 7.98. The summed E-state index contributed by atoms with van der Waals surface area (Å²) >= 11 is 0. The predicted molar refractivity (Wildman–Crippen MR) is 91.7 cm³/mol. The van der Waals surface area contributed by atoms with Gasteiger partial charge in [0.25, 0.3) is 5.91 Å². The number of nitrogens with zero attached hydrogens (tertiary/aromatic N) is 2. The Morgan fingerprint density at radius 2 is 2.00 bits per heavy atom. The number of halogens is 2. The van der Waals surface area contributed by atoms with E-state index >= 15 is 0 Å². The molecule has 1 saturated heterocycles. The lowest BCUT2D eigenvalue weighted by Gasteiger charge is -2.20. The van der Waals surface area contributed by atoms with Crippen LogP contribution in [0.15, 0.2) is 24.3 Å². The van der Waals surface area contributed by atoms with Gasteiger partial charge in [0.2, 0.25) is 0 Å². The van der Waals surface area contributed by atoms with Gasteiger partial charge in [-0.15, -0.1) is 24.8 Å². The number of rotatable bonds is 3. The van der Waals surface area contributed by atoms with Gasteiger partial charge in [0, 0.05) is 31.7 Å². The fraction of sp³-hybridized carbons (Fsp3) is 0.533. The van der Waals surface area contributed by atoms with Crippen LogP contribution in [0.3, 0.4) is 0 Å². The Labute approximate surface area is 139 Å². The molecule has 120 valence electrons. The van der Waals surface area contributed by atoms with E-state index in [-0.39, 0.29) is 30.7 Å². The molecule has 4 nitrogen and oxygen atoms in total. The molecule has 2 rings (SSSR count). The zero-order valence-electron chi connectivity index (χ0n) is 12.7. The van der Waals surface area contributed by atoms with Gasteiger partial charge in [0.15, 0.2) is 0 Å². The van der Waals surface area contributed by atoms with Crippen LogP contribution in [0.5, 0.6) is 0 Å². The van der Waals surface area contributed by atoms with Crippen LogP contribution in [0.25, 0.3) is 0 Å². The molecule has 0 atom stereocenters. The van der Waals surface area contributed by atoms with Gasteiger partial charge in [-0.1, -0.05) is 12.1 Å². The van der Waals surface area contributed by atoms with Crippen molar-refractivity contribution in [2.75, 3.05) is 40.3 Å². The van der Waals surface area contributed by atoms with E-state index in [0.717, 1.165) is 44.7 Å². The van der Waals surface area contributed by atoms with E-state index in [2.05, 4.69) is 16.3 Å². The van der Waals surface area contributed by atoms with Crippen molar-refractivity contribution in [2.24, 2.45) is 0 Å². The third-order valence-corrected chi connectivity index (χ3v) is 3.30. The summed E-state index contributed by atoms with van der Waals surface area (Å²) in [4.78, 5) is 16.5. The second kappa shape index (κ2) is 10.0. The van der Waals surface area contributed by atoms with Gasteiger partial charge in [-0.05, 0) is 44.8 Å². The third kappa shape index (κ3) is 6.22. The molecule has 0 unspecified atom stereocenters. The average Bonchev–Trinajstić information content (AvgIpc) is 2.66. The van der Waals surface area contributed by atoms with Crippen molar-refractivity contribution in [3.05, 3.63) is 35.4 Å². The molecule has 1 amide bonds. The summed E-state index contributed by atoms with van der Waals surface area (Å²) in [5, 5.41) is 3.32. The Balaban J connectivity index is 0.00000200. The first-order valence-corrected chi connectivity index (χ1v) is 6.90. The van der Waals surface area contributed by atoms with Crippen LogP contribution in [0.1, 0.15) is 22.3 Å². The minimum absolute atomic E-state index is 0. The highest BCUT2D eigenvalue weighted by Gasteiger charge is 2.17. The quantitative estimate of drug-likeness (QED) is 0.919. The van der Waals surface area contributed by atoms with Crippen molar-refractivity contribution >= 4 is 30.7 Å². The number of nitrogens with one attached hydrogen (secondary N) is 1. The number of hydrogen-bond acceptors (Lipinski definition) is 3. The maximum Gasteiger partial charge on any atom is 0.253 e. The smallest absolute Gasteiger partial charge is 0.253 e. The SMILES string of the molecule is CN(C)Cc1cccc(C(=O)N2CCCNCC2)c1.Cl.Cl. The van der Waals surface area contributed by atoms with E-state index in [4.69, 9.17) is 0 Å². The minimum Gasteiger partial charge on any atom is -0.337 e. The molecule has 0 saturated carbocycles. The number of hydrogen-bond donors (Lipinski definition) is 1. The normalized spacial score (nSPS) is 14.9. The van der Waals surface area contributed by atoms with Gasteiger partial charge >= 0.3 is 0 Å². The van der Waals surface area contributed by atoms with Crippen molar-refractivity contribution in [3.8, 4) is 0 Å². The van der Waals surface area contributed by atoms with E-state index in [1.165, 1.54) is 5.56 Å². The Morgan fingerprint density at radius 1 is 1.24 bits per heavy atom. The summed E-state index contributed by atoms with van der Waals surface area (Å²) in [5.74, 6) is 0.157. The molecular weight excluding hydrogens is 309 g/mol. The van der Waals surface area contributed by atoms with Crippen LogP contribution in [0.2, 0.25) is 0 Å². The fourth-order valence-electron chi connectivity index (χ4n) is 2.40. The molecule has 1 aliphatic rings. The summed E-state index contributed by atoms with van der Waals surface area (Å²) in [5.41, 5.74) is 1.99. The van der Waals surface area contributed by atoms with Crippen LogP contribution >= 0.6 is 24.8 Å². The molecule has 1 aliphatic heterocycles. The molecule has 21 heavy (non-hydrogen) atoms. The van der Waals surface area contributed by atoms with Crippen molar-refractivity contribution in [2.45, 2.75) is 13.0 Å². The first-order valence-electron chi connectivity index (χ1n) is 6.90. The number of carbonyl (C=O) groups excluding carboxylic acids is 1. The van der Waals surface area contributed by atoms with Crippen LogP contribution < -0.4 is 5.32 Å². The van der Waals surface area contributed by atoms with Gasteiger partial charge in [-0.2, -0.15) is 0 Å². The zero-order valence-corrected chi connectivity index (χ0v) is 14.3. The van der Waals surface area contributed by atoms with Crippen LogP contribution in [-0.2, 0) is 6.54 Å². The Morgan fingerprint density at radius 3 is 2.71 bits per heavy atom. The number of amides is 1. The first kappa shape index (κ1) is 20.2. The molecule has 1 aromatic carbocycles. The minimum atomic E-state index is 0. The Hall–Kier alpha value is -0.810. The van der Waals surface area contributed by atoms with Gasteiger partial charge in [-0.25, -0.2) is 0 Å². The topological polar surface area (TPSA) is 35.6 Å². The highest BCUT2D eigenvalue weighted by Crippen LogP contribution is 2.11. The largest absolute Gasteiger partial charge is 0.337 e. The lowest BCUT2D eigenvalue weighted by atomic mass is 10.1. The Bertz CT molecular complexity index is 433. The lowest BCUT2D eigenvalue weighted by Crippen LogP contribution is -2.34. The first-order chi connectivity index (χ1) is 9.16. The van der Waals surface area contributed by atoms with Crippen molar-refractivity contribution in [1.82, 2.24) is 15.1 Å². The summed E-state index contributed by atoms with van der Waals surface area (Å²) in [7, 11) is 4.07.